The molecule has 0 fully saturated rings. The molecule has 1 heterocycles. The van der Waals surface area contributed by atoms with E-state index in [0.717, 1.165) is 17.5 Å². The lowest BCUT2D eigenvalue weighted by molar-refractivity contribution is -0.117. The maximum atomic E-state index is 12.2. The van der Waals surface area contributed by atoms with Gasteiger partial charge in [0.25, 0.3) is 0 Å². The number of fused-ring (bicyclic) bond motifs is 1. The summed E-state index contributed by atoms with van der Waals surface area (Å²) < 4.78 is 0. The van der Waals surface area contributed by atoms with Crippen molar-refractivity contribution in [3.8, 4) is 0 Å². The summed E-state index contributed by atoms with van der Waals surface area (Å²) in [5.41, 5.74) is 1.94. The number of ketones is 1. The Morgan fingerprint density at radius 2 is 2.10 bits per heavy atom. The van der Waals surface area contributed by atoms with Gasteiger partial charge in [0.05, 0.1) is 16.6 Å². The Labute approximate surface area is 117 Å². The molecule has 0 bridgehead atoms. The molecule has 0 spiro atoms. The maximum Gasteiger partial charge on any atom is 0.244 e. The molecule has 104 valence electrons. The van der Waals surface area contributed by atoms with Gasteiger partial charge in [0.2, 0.25) is 5.91 Å². The number of benzene rings is 1. The van der Waals surface area contributed by atoms with Gasteiger partial charge >= 0.3 is 0 Å². The molecule has 2 aromatic rings. The highest BCUT2D eigenvalue weighted by Gasteiger charge is 2.16. The fourth-order valence-electron chi connectivity index (χ4n) is 1.93. The third-order valence-corrected chi connectivity index (χ3v) is 2.94. The minimum absolute atomic E-state index is 0.0878. The summed E-state index contributed by atoms with van der Waals surface area (Å²) in [5.74, 6) is 0.0355. The fraction of sp³-hybridized carbons (Fsp3) is 0.267. The van der Waals surface area contributed by atoms with E-state index in [4.69, 9.17) is 0 Å². The Morgan fingerprint density at radius 1 is 1.35 bits per heavy atom. The lowest BCUT2D eigenvalue weighted by atomic mass is 10.1. The Morgan fingerprint density at radius 3 is 2.75 bits per heavy atom. The van der Waals surface area contributed by atoms with Crippen molar-refractivity contribution in [1.82, 2.24) is 15.3 Å². The average molecular weight is 271 g/mol. The predicted molar refractivity (Wildman–Crippen MR) is 78.1 cm³/mol. The van der Waals surface area contributed by atoms with E-state index in [2.05, 4.69) is 15.3 Å². The van der Waals surface area contributed by atoms with Gasteiger partial charge in [0.15, 0.2) is 5.78 Å². The van der Waals surface area contributed by atoms with Crippen molar-refractivity contribution in [2.24, 2.45) is 0 Å². The Hall–Kier alpha value is -2.43. The monoisotopic (exact) mass is 271 g/mol. The average Bonchev–Trinajstić information content (AvgIpc) is 2.88. The summed E-state index contributed by atoms with van der Waals surface area (Å²) in [6, 6.07) is 7.51. The van der Waals surface area contributed by atoms with Crippen LogP contribution in [0.1, 0.15) is 25.6 Å². The normalized spacial score (nSPS) is 11.6. The zero-order chi connectivity index (χ0) is 14.5. The molecule has 1 amide bonds. The molecule has 2 rings (SSSR count). The smallest absolute Gasteiger partial charge is 0.244 e. The van der Waals surface area contributed by atoms with Crippen LogP contribution in [0.4, 0.5) is 0 Å². The second-order valence-electron chi connectivity index (χ2n) is 4.45. The van der Waals surface area contributed by atoms with E-state index in [0.29, 0.717) is 17.8 Å². The first-order valence-electron chi connectivity index (χ1n) is 6.57. The van der Waals surface area contributed by atoms with Crippen molar-refractivity contribution in [2.45, 2.75) is 19.8 Å². The number of hydrogen-bond acceptors (Lipinski definition) is 3. The van der Waals surface area contributed by atoms with Crippen molar-refractivity contribution in [2.75, 3.05) is 7.05 Å². The Bertz CT molecular complexity index is 638. The van der Waals surface area contributed by atoms with Crippen LogP contribution in [0.3, 0.4) is 0 Å². The third-order valence-electron chi connectivity index (χ3n) is 2.94. The molecular weight excluding hydrogens is 254 g/mol. The highest BCUT2D eigenvalue weighted by Crippen LogP contribution is 2.19. The number of H-pyrrole nitrogens is 1. The summed E-state index contributed by atoms with van der Waals surface area (Å²) in [5, 5.41) is 2.49. The lowest BCUT2D eigenvalue weighted by Gasteiger charge is -2.02. The van der Waals surface area contributed by atoms with Crippen molar-refractivity contribution >= 4 is 28.3 Å². The van der Waals surface area contributed by atoms with Crippen molar-refractivity contribution in [1.29, 1.82) is 0 Å². The number of hydrogen-bond donors (Lipinski definition) is 2. The van der Waals surface area contributed by atoms with E-state index < -0.39 is 0 Å². The number of likely N-dealkylation sites (N-methyl/N-ethyl adjacent to an activating group) is 1. The lowest BCUT2D eigenvalue weighted by Crippen LogP contribution is -2.16. The van der Waals surface area contributed by atoms with Gasteiger partial charge in [-0.15, -0.1) is 0 Å². The Kier molecular flexibility index (Phi) is 4.30. The Balaban J connectivity index is 2.47. The van der Waals surface area contributed by atoms with E-state index in [1.165, 1.54) is 13.1 Å². The van der Waals surface area contributed by atoms with Crippen LogP contribution in [0.5, 0.6) is 0 Å². The second-order valence-corrected chi connectivity index (χ2v) is 4.45. The summed E-state index contributed by atoms with van der Waals surface area (Å²) >= 11 is 0. The molecular formula is C15H17N3O2. The van der Waals surface area contributed by atoms with Gasteiger partial charge in [-0.25, -0.2) is 4.98 Å². The van der Waals surface area contributed by atoms with E-state index in [-0.39, 0.29) is 11.7 Å². The third kappa shape index (κ3) is 2.93. The first-order valence-corrected chi connectivity index (χ1v) is 6.57. The van der Waals surface area contributed by atoms with Crippen LogP contribution in [0.25, 0.3) is 16.6 Å². The van der Waals surface area contributed by atoms with Gasteiger partial charge in [-0.3, -0.25) is 9.59 Å². The molecule has 20 heavy (non-hydrogen) atoms. The first kappa shape index (κ1) is 14.0. The van der Waals surface area contributed by atoms with Crippen LogP contribution in [0.2, 0.25) is 0 Å². The summed E-state index contributed by atoms with van der Waals surface area (Å²) in [7, 11) is 1.53. The molecule has 1 aromatic heterocycles. The van der Waals surface area contributed by atoms with Crippen LogP contribution in [-0.2, 0) is 9.59 Å². The molecule has 0 aliphatic heterocycles. The van der Waals surface area contributed by atoms with Crippen molar-refractivity contribution in [3.05, 3.63) is 36.2 Å². The molecule has 0 radical (unpaired) electrons. The quantitative estimate of drug-likeness (QED) is 0.817. The number of allylic oxidation sites excluding steroid dienone is 1. The molecule has 0 saturated heterocycles. The molecule has 0 saturated carbocycles. The highest BCUT2D eigenvalue weighted by molar-refractivity contribution is 6.23. The number of nitrogens with zero attached hydrogens (tertiary/aromatic N) is 1. The van der Waals surface area contributed by atoms with Crippen LogP contribution >= 0.6 is 0 Å². The number of carbonyl (C=O) groups is 2. The van der Waals surface area contributed by atoms with Crippen LogP contribution in [0, 0.1) is 0 Å². The van der Waals surface area contributed by atoms with Crippen LogP contribution in [-0.4, -0.2) is 28.7 Å². The van der Waals surface area contributed by atoms with Gasteiger partial charge in [0.1, 0.15) is 5.82 Å². The second kappa shape index (κ2) is 6.14. The number of carbonyl (C=O) groups excluding carboxylic acids is 2. The van der Waals surface area contributed by atoms with Gasteiger partial charge in [-0.1, -0.05) is 19.1 Å². The van der Waals surface area contributed by atoms with E-state index in [1.807, 2.05) is 31.2 Å². The van der Waals surface area contributed by atoms with Gasteiger partial charge < -0.3 is 10.3 Å². The molecule has 5 nitrogen and oxygen atoms in total. The SMILES string of the molecule is CCCC(=O)/C(=C\C(=O)NC)c1nc2ccccc2[nH]1. The zero-order valence-corrected chi connectivity index (χ0v) is 11.6. The molecule has 0 aliphatic rings. The minimum Gasteiger partial charge on any atom is -0.356 e. The molecule has 5 heteroatoms. The first-order chi connectivity index (χ1) is 9.65. The molecule has 0 aliphatic carbocycles. The van der Waals surface area contributed by atoms with Gasteiger partial charge in [-0.05, 0) is 18.6 Å². The highest BCUT2D eigenvalue weighted by atomic mass is 16.1. The molecule has 0 unspecified atom stereocenters. The number of para-hydroxylation sites is 2. The summed E-state index contributed by atoms with van der Waals surface area (Å²) in [6.07, 6.45) is 2.42. The maximum absolute atomic E-state index is 12.2. The topological polar surface area (TPSA) is 74.8 Å². The predicted octanol–water partition coefficient (Wildman–Crippen LogP) is 2.06. The van der Waals surface area contributed by atoms with Crippen molar-refractivity contribution in [3.63, 3.8) is 0 Å². The van der Waals surface area contributed by atoms with Crippen molar-refractivity contribution < 1.29 is 9.59 Å². The van der Waals surface area contributed by atoms with Crippen LogP contribution in [0.15, 0.2) is 30.3 Å². The number of amides is 1. The number of nitrogens with one attached hydrogen (secondary N) is 2. The number of aromatic nitrogens is 2. The van der Waals surface area contributed by atoms with Gasteiger partial charge in [-0.2, -0.15) is 0 Å². The summed E-state index contributed by atoms with van der Waals surface area (Å²) in [6.45, 7) is 1.92. The van der Waals surface area contributed by atoms with Crippen LogP contribution < -0.4 is 5.32 Å². The molecule has 0 atom stereocenters. The standard InChI is InChI=1S/C15H17N3O2/c1-3-6-13(19)10(9-14(20)16-2)15-17-11-7-4-5-8-12(11)18-15/h4-5,7-9H,3,6H2,1-2H3,(H,16,20)(H,17,18)/b10-9+. The van der Waals surface area contributed by atoms with Gasteiger partial charge in [0, 0.05) is 19.5 Å². The largest absolute Gasteiger partial charge is 0.356 e. The number of aromatic amines is 1. The van der Waals surface area contributed by atoms with E-state index in [1.54, 1.807) is 0 Å². The van der Waals surface area contributed by atoms with E-state index >= 15 is 0 Å². The zero-order valence-electron chi connectivity index (χ0n) is 11.6. The number of imidazole rings is 1. The fourth-order valence-corrected chi connectivity index (χ4v) is 1.93. The van der Waals surface area contributed by atoms with E-state index in [9.17, 15) is 9.59 Å². The minimum atomic E-state index is -0.315. The number of rotatable bonds is 5. The molecule has 2 N–H and O–H groups in total. The number of Topliss-reactive ketones (excluding diaryl/α,β-unsaturated/α-hetero) is 1. The summed E-state index contributed by atoms with van der Waals surface area (Å²) in [4.78, 5) is 31.2. The molecule has 1 aromatic carbocycles.